The second-order valence-corrected chi connectivity index (χ2v) is 18.9. The van der Waals surface area contributed by atoms with Crippen LogP contribution in [0.4, 0.5) is 5.82 Å². The van der Waals surface area contributed by atoms with Gasteiger partial charge in [0.05, 0.1) is 13.2 Å². The normalized spacial score (nSPS) is 32.2. The number of nitrogen functional groups attached to an aromatic ring is 1. The summed E-state index contributed by atoms with van der Waals surface area (Å²) in [4.78, 5) is 81.0. The number of aromatic amines is 1. The van der Waals surface area contributed by atoms with Crippen LogP contribution in [0.15, 0.2) is 38.9 Å². The highest BCUT2D eigenvalue weighted by Gasteiger charge is 2.48. The Morgan fingerprint density at radius 3 is 1.82 bits per heavy atom. The molecule has 2 saturated heterocycles. The maximum absolute atomic E-state index is 12.4. The second kappa shape index (κ2) is 15.2. The predicted octanol–water partition coefficient (Wildman–Crippen LogP) is -3.67. The highest BCUT2D eigenvalue weighted by Crippen LogP contribution is 2.71. The predicted molar refractivity (Wildman–Crippen MR) is 164 cm³/mol. The van der Waals surface area contributed by atoms with Gasteiger partial charge in [0, 0.05) is 18.5 Å². The van der Waals surface area contributed by atoms with Crippen LogP contribution in [0.1, 0.15) is 12.5 Å². The van der Waals surface area contributed by atoms with Crippen LogP contribution in [-0.4, -0.2) is 109 Å². The molecule has 4 rings (SSSR count). The third-order valence-electron chi connectivity index (χ3n) is 6.35. The van der Waals surface area contributed by atoms with Gasteiger partial charge in [-0.15, -0.1) is 0 Å². The molecule has 49 heavy (non-hydrogen) atoms. The summed E-state index contributed by atoms with van der Waals surface area (Å²) in [5.74, 6) is -0.145. The van der Waals surface area contributed by atoms with Gasteiger partial charge < -0.3 is 59.7 Å². The first kappa shape index (κ1) is 40.3. The van der Waals surface area contributed by atoms with E-state index in [0.29, 0.717) is 4.57 Å². The maximum atomic E-state index is 12.4. The number of nitrogens with zero attached hydrogens (tertiary/aromatic N) is 3. The van der Waals surface area contributed by atoms with E-state index < -0.39 is 108 Å². The monoisotopic (exact) mass is 821 g/mol. The number of phosphoric ester groups is 1. The molecule has 0 aromatic carbocycles. The Hall–Kier alpha value is -1.48. The van der Waals surface area contributed by atoms with Gasteiger partial charge in [-0.2, -0.15) is 4.98 Å². The number of anilines is 1. The molecule has 2 aliphatic rings. The Kier molecular flexibility index (Phi) is 12.5. The van der Waals surface area contributed by atoms with Crippen molar-refractivity contribution in [3.63, 3.8) is 0 Å². The van der Waals surface area contributed by atoms with Crippen molar-refractivity contribution in [3.8, 4) is 0 Å². The average Bonchev–Trinajstić information content (AvgIpc) is 3.38. The molecule has 31 heteroatoms. The van der Waals surface area contributed by atoms with Crippen LogP contribution in [-0.2, 0) is 64.2 Å². The minimum absolute atomic E-state index is 0.145. The molecule has 12 atom stereocenters. The van der Waals surface area contributed by atoms with Crippen LogP contribution < -0.4 is 22.7 Å². The van der Waals surface area contributed by atoms with E-state index in [1.807, 2.05) is 4.98 Å². The van der Waals surface area contributed by atoms with Crippen molar-refractivity contribution < 1.29 is 80.6 Å². The Labute approximate surface area is 281 Å². The van der Waals surface area contributed by atoms with Crippen molar-refractivity contribution in [2.24, 2.45) is 0 Å². The third-order valence-corrected chi connectivity index (χ3v) is 14.4. The molecule has 11 N–H and O–H groups in total. The number of rotatable bonds is 14. The lowest BCUT2D eigenvalue weighted by Gasteiger charge is -2.24. The first-order valence-electron chi connectivity index (χ1n) is 12.9. The van der Waals surface area contributed by atoms with Crippen LogP contribution in [0.2, 0.25) is 0 Å². The van der Waals surface area contributed by atoms with E-state index in [4.69, 9.17) is 19.7 Å². The lowest BCUT2D eigenvalue weighted by atomic mass is 10.1. The van der Waals surface area contributed by atoms with Crippen LogP contribution in [0.25, 0.3) is 0 Å². The van der Waals surface area contributed by atoms with Gasteiger partial charge in [-0.25, -0.2) is 31.7 Å². The maximum Gasteiger partial charge on any atom is 0.486 e. The standard InChI is InChI=1S/C18H27N5O20P4S2/c19-9-1-3-22(17(29)20-9)15-14(28)12(26)8(40-15)6-38-46(35,48)42-45(33,34)43-47(36,49)41-44(31,32)37-5-7-11(25)13(27)16(39-7)23-4-2-10(24)21-18(23)30/h1-4,7-8,11-16,25-28H,5-6H2,(H,31,32)(H,33,34)(H,35,48)(H,36,49)(H2,19,20,29)(H,21,24,30)/t7-,8-,11-,12-,13-,14-,15-,16-,46?,47?/m1/s1. The molecular weight excluding hydrogens is 794 g/mol. The number of H-pyrrole nitrogens is 1. The number of nitrogens with one attached hydrogen (secondary N) is 1. The quantitative estimate of drug-likeness (QED) is 0.0821. The van der Waals surface area contributed by atoms with E-state index in [9.17, 15) is 63.5 Å². The van der Waals surface area contributed by atoms with Gasteiger partial charge in [0.15, 0.2) is 12.5 Å². The third kappa shape index (κ3) is 10.3. The van der Waals surface area contributed by atoms with E-state index >= 15 is 0 Å². The summed E-state index contributed by atoms with van der Waals surface area (Å²) in [7, 11) is -11.4. The van der Waals surface area contributed by atoms with Crippen molar-refractivity contribution in [3.05, 3.63) is 55.8 Å². The fourth-order valence-corrected chi connectivity index (χ4v) is 11.7. The summed E-state index contributed by atoms with van der Waals surface area (Å²) in [6.07, 6.45) is -11.4. The molecule has 2 aromatic rings. The molecule has 2 fully saturated rings. The molecule has 0 saturated carbocycles. The molecule has 0 bridgehead atoms. The van der Waals surface area contributed by atoms with Gasteiger partial charge in [-0.3, -0.25) is 23.4 Å². The Bertz CT molecular complexity index is 1910. The molecule has 0 aliphatic carbocycles. The lowest BCUT2D eigenvalue weighted by molar-refractivity contribution is -0.0541. The Morgan fingerprint density at radius 1 is 0.776 bits per heavy atom. The molecule has 25 nitrogen and oxygen atoms in total. The molecule has 2 aliphatic heterocycles. The molecule has 0 radical (unpaired) electrons. The number of hydrogen-bond donors (Lipinski definition) is 10. The molecule has 2 aromatic heterocycles. The lowest BCUT2D eigenvalue weighted by Crippen LogP contribution is -2.37. The summed E-state index contributed by atoms with van der Waals surface area (Å²) in [5, 5.41) is 41.0. The average molecular weight is 821 g/mol. The fourth-order valence-electron chi connectivity index (χ4n) is 4.24. The minimum atomic E-state index is -5.81. The van der Waals surface area contributed by atoms with E-state index in [1.165, 1.54) is 6.07 Å². The Balaban J connectivity index is 1.30. The molecule has 276 valence electrons. The molecule has 4 heterocycles. The van der Waals surface area contributed by atoms with Crippen molar-refractivity contribution in [1.82, 2.24) is 19.1 Å². The van der Waals surface area contributed by atoms with E-state index in [0.717, 1.165) is 23.0 Å². The van der Waals surface area contributed by atoms with Gasteiger partial charge in [0.25, 0.3) is 5.56 Å². The van der Waals surface area contributed by atoms with Gasteiger partial charge in [0.2, 0.25) is 0 Å². The molecule has 0 spiro atoms. The van der Waals surface area contributed by atoms with Gasteiger partial charge in [0.1, 0.15) is 42.4 Å². The summed E-state index contributed by atoms with van der Waals surface area (Å²) < 4.78 is 59.1. The molecule has 4 unspecified atom stereocenters. The summed E-state index contributed by atoms with van der Waals surface area (Å²) in [5.41, 5.74) is 2.64. The second-order valence-electron chi connectivity index (χ2n) is 9.86. The zero-order valence-corrected chi connectivity index (χ0v) is 29.1. The summed E-state index contributed by atoms with van der Waals surface area (Å²) in [6.45, 7) is -12.2. The SMILES string of the molecule is Nc1ccn([C@@H]2O[C@H](COP(O)(=S)OP(=O)(O)OP(O)(=S)OP(=O)(O)OC[C@H]3O[C@@H](n4ccc(=O)[nH]c4=O)[C@H](O)[C@@H]3O)[C@@H](O)[C@H]2O)c(=O)n1. The number of aliphatic hydroxyl groups excluding tert-OH is 4. The number of aromatic nitrogens is 4. The first-order valence-corrected chi connectivity index (χ1v) is 21.1. The number of aliphatic hydroxyl groups is 4. The van der Waals surface area contributed by atoms with Crippen molar-refractivity contribution >= 4 is 58.5 Å². The number of nitrogens with two attached hydrogens (primary N) is 1. The zero-order chi connectivity index (χ0) is 36.7. The van der Waals surface area contributed by atoms with Gasteiger partial charge in [-0.05, 0) is 29.7 Å². The van der Waals surface area contributed by atoms with Gasteiger partial charge in [-0.1, -0.05) is 0 Å². The Morgan fingerprint density at radius 2 is 1.27 bits per heavy atom. The smallest absolute Gasteiger partial charge is 0.387 e. The largest absolute Gasteiger partial charge is 0.486 e. The minimum Gasteiger partial charge on any atom is -0.387 e. The van der Waals surface area contributed by atoms with Crippen LogP contribution in [0.5, 0.6) is 0 Å². The summed E-state index contributed by atoms with van der Waals surface area (Å²) in [6, 6.07) is 2.10. The van der Waals surface area contributed by atoms with E-state index in [2.05, 4.69) is 46.1 Å². The number of hydrogen-bond acceptors (Lipinski definition) is 20. The van der Waals surface area contributed by atoms with Crippen molar-refractivity contribution in [1.29, 1.82) is 0 Å². The van der Waals surface area contributed by atoms with Gasteiger partial charge >= 0.3 is 40.5 Å². The van der Waals surface area contributed by atoms with Crippen molar-refractivity contribution in [2.45, 2.75) is 49.1 Å². The fraction of sp³-hybridized carbons (Fsp3) is 0.556. The highest BCUT2D eigenvalue weighted by atomic mass is 32.5. The molecule has 0 amide bonds. The topological polar surface area (TPSA) is 376 Å². The van der Waals surface area contributed by atoms with Crippen LogP contribution in [0.3, 0.4) is 0 Å². The van der Waals surface area contributed by atoms with Crippen molar-refractivity contribution in [2.75, 3.05) is 18.9 Å². The first-order chi connectivity index (χ1) is 22.5. The summed E-state index contributed by atoms with van der Waals surface area (Å²) >= 11 is 9.02. The number of ether oxygens (including phenoxy) is 2. The number of phosphoric acid groups is 2. The molecular formula is C18H27N5O20P4S2. The highest BCUT2D eigenvalue weighted by molar-refractivity contribution is 8.11. The van der Waals surface area contributed by atoms with E-state index in [-0.39, 0.29) is 5.82 Å². The zero-order valence-electron chi connectivity index (χ0n) is 23.8. The van der Waals surface area contributed by atoms with E-state index in [1.54, 1.807) is 0 Å². The van der Waals surface area contributed by atoms with Crippen LogP contribution in [0, 0.1) is 0 Å². The van der Waals surface area contributed by atoms with Crippen LogP contribution >= 0.6 is 29.1 Å².